The minimum Gasteiger partial charge on any atom is -0.480 e. The molecule has 4 nitrogen and oxygen atoms in total. The highest BCUT2D eigenvalue weighted by atomic mass is 16.4. The Morgan fingerprint density at radius 1 is 1.62 bits per heavy atom. The Morgan fingerprint density at radius 2 is 2.23 bits per heavy atom. The minimum atomic E-state index is -0.723. The molecule has 0 aromatic rings. The zero-order chi connectivity index (χ0) is 10.0. The van der Waals surface area contributed by atoms with Crippen LogP contribution in [0.2, 0.25) is 0 Å². The molecule has 1 heterocycles. The van der Waals surface area contributed by atoms with Crippen molar-refractivity contribution in [3.8, 4) is 0 Å². The predicted molar refractivity (Wildman–Crippen MR) is 50.8 cm³/mol. The number of carbonyl (C=O) groups is 1. The number of hydrogen-bond acceptors (Lipinski definition) is 3. The Bertz CT molecular complexity index is 194. The zero-order valence-electron chi connectivity index (χ0n) is 8.53. The van der Waals surface area contributed by atoms with E-state index in [1.165, 1.54) is 0 Å². The van der Waals surface area contributed by atoms with E-state index in [0.29, 0.717) is 6.04 Å². The van der Waals surface area contributed by atoms with Crippen molar-refractivity contribution in [3.05, 3.63) is 0 Å². The zero-order valence-corrected chi connectivity index (χ0v) is 8.53. The first-order valence-corrected chi connectivity index (χ1v) is 4.65. The molecule has 0 bridgehead atoms. The van der Waals surface area contributed by atoms with Gasteiger partial charge in [0.15, 0.2) is 0 Å². The van der Waals surface area contributed by atoms with Crippen LogP contribution in [0.15, 0.2) is 0 Å². The van der Waals surface area contributed by atoms with Crippen molar-refractivity contribution in [3.63, 3.8) is 0 Å². The number of likely N-dealkylation sites (tertiary alicyclic amines) is 1. The highest BCUT2D eigenvalue weighted by molar-refractivity contribution is 5.72. The summed E-state index contributed by atoms with van der Waals surface area (Å²) in [7, 11) is 4.08. The van der Waals surface area contributed by atoms with E-state index in [-0.39, 0.29) is 6.04 Å². The maximum atomic E-state index is 10.7. The molecule has 1 aliphatic heterocycles. The topological polar surface area (TPSA) is 43.8 Å². The number of likely N-dealkylation sites (N-methyl/N-ethyl adjacent to an activating group) is 1. The van der Waals surface area contributed by atoms with Gasteiger partial charge in [0.1, 0.15) is 6.04 Å². The van der Waals surface area contributed by atoms with Crippen molar-refractivity contribution >= 4 is 5.97 Å². The minimum absolute atomic E-state index is 0.343. The molecule has 1 rings (SSSR count). The summed E-state index contributed by atoms with van der Waals surface area (Å²) in [4.78, 5) is 14.9. The molecule has 1 aliphatic rings. The normalized spacial score (nSPS) is 26.6. The molecule has 2 unspecified atom stereocenters. The maximum Gasteiger partial charge on any atom is 0.320 e. The molecule has 76 valence electrons. The van der Waals surface area contributed by atoms with Gasteiger partial charge in [-0.3, -0.25) is 9.69 Å². The fourth-order valence-electron chi connectivity index (χ4n) is 1.70. The van der Waals surface area contributed by atoms with Gasteiger partial charge in [0.05, 0.1) is 0 Å². The van der Waals surface area contributed by atoms with Crippen LogP contribution in [0, 0.1) is 0 Å². The van der Waals surface area contributed by atoms with Gasteiger partial charge in [0.2, 0.25) is 0 Å². The lowest BCUT2D eigenvalue weighted by Gasteiger charge is -2.22. The Kier molecular flexibility index (Phi) is 3.27. The number of carboxylic acids is 1. The van der Waals surface area contributed by atoms with Gasteiger partial charge in [-0.15, -0.1) is 0 Å². The highest BCUT2D eigenvalue weighted by Crippen LogP contribution is 2.15. The van der Waals surface area contributed by atoms with Crippen molar-refractivity contribution in [2.24, 2.45) is 0 Å². The van der Waals surface area contributed by atoms with E-state index in [2.05, 4.69) is 4.90 Å². The molecule has 1 fully saturated rings. The molecular formula is C9H18N2O2. The van der Waals surface area contributed by atoms with Crippen molar-refractivity contribution in [2.75, 3.05) is 27.2 Å². The monoisotopic (exact) mass is 186 g/mol. The number of rotatable bonds is 3. The Labute approximate surface area is 79.1 Å². The van der Waals surface area contributed by atoms with Crippen LogP contribution in [-0.4, -0.2) is 60.1 Å². The number of aliphatic carboxylic acids is 1. The molecule has 0 aliphatic carbocycles. The first kappa shape index (κ1) is 10.5. The molecule has 1 N–H and O–H groups in total. The van der Waals surface area contributed by atoms with Gasteiger partial charge in [0, 0.05) is 19.1 Å². The quantitative estimate of drug-likeness (QED) is 0.678. The second-order valence-electron chi connectivity index (χ2n) is 3.92. The lowest BCUT2D eigenvalue weighted by Crippen LogP contribution is -2.39. The molecule has 0 aromatic carbocycles. The average molecular weight is 186 g/mol. The summed E-state index contributed by atoms with van der Waals surface area (Å²) in [5.74, 6) is -0.723. The lowest BCUT2D eigenvalue weighted by molar-refractivity contribution is -0.142. The van der Waals surface area contributed by atoms with E-state index in [1.807, 2.05) is 19.0 Å². The number of hydrogen-bond donors (Lipinski definition) is 1. The van der Waals surface area contributed by atoms with Crippen LogP contribution in [0.5, 0.6) is 0 Å². The van der Waals surface area contributed by atoms with Crippen LogP contribution in [-0.2, 0) is 4.79 Å². The molecular weight excluding hydrogens is 168 g/mol. The molecule has 1 saturated heterocycles. The Morgan fingerprint density at radius 3 is 2.62 bits per heavy atom. The molecule has 0 aromatic heterocycles. The van der Waals surface area contributed by atoms with E-state index >= 15 is 0 Å². The highest BCUT2D eigenvalue weighted by Gasteiger charge is 2.29. The van der Waals surface area contributed by atoms with Gasteiger partial charge in [-0.2, -0.15) is 0 Å². The van der Waals surface area contributed by atoms with Crippen LogP contribution in [0.25, 0.3) is 0 Å². The van der Waals surface area contributed by atoms with Crippen molar-refractivity contribution in [2.45, 2.75) is 25.4 Å². The van der Waals surface area contributed by atoms with E-state index in [1.54, 1.807) is 6.92 Å². The van der Waals surface area contributed by atoms with Crippen molar-refractivity contribution in [1.29, 1.82) is 0 Å². The van der Waals surface area contributed by atoms with Gasteiger partial charge in [-0.1, -0.05) is 0 Å². The van der Waals surface area contributed by atoms with Gasteiger partial charge >= 0.3 is 5.97 Å². The molecule has 0 amide bonds. The van der Waals surface area contributed by atoms with E-state index in [4.69, 9.17) is 5.11 Å². The van der Waals surface area contributed by atoms with E-state index < -0.39 is 5.97 Å². The summed E-state index contributed by atoms with van der Waals surface area (Å²) in [6.45, 7) is 3.52. The molecule has 2 atom stereocenters. The molecule has 13 heavy (non-hydrogen) atoms. The number of carboxylic acid groups (broad SMARTS) is 1. The first-order valence-electron chi connectivity index (χ1n) is 4.65. The summed E-state index contributed by atoms with van der Waals surface area (Å²) in [6.07, 6.45) is 1.07. The molecule has 4 heteroatoms. The van der Waals surface area contributed by atoms with Gasteiger partial charge in [-0.25, -0.2) is 0 Å². The maximum absolute atomic E-state index is 10.7. The van der Waals surface area contributed by atoms with Crippen LogP contribution in [0.4, 0.5) is 0 Å². The summed E-state index contributed by atoms with van der Waals surface area (Å²) in [5.41, 5.74) is 0. The van der Waals surface area contributed by atoms with Crippen LogP contribution < -0.4 is 0 Å². The van der Waals surface area contributed by atoms with Gasteiger partial charge < -0.3 is 10.0 Å². The Balaban J connectivity index is 2.45. The van der Waals surface area contributed by atoms with Crippen molar-refractivity contribution in [1.82, 2.24) is 9.80 Å². The fourth-order valence-corrected chi connectivity index (χ4v) is 1.70. The van der Waals surface area contributed by atoms with Crippen molar-refractivity contribution < 1.29 is 9.90 Å². The SMILES string of the molecule is CC(C(=O)O)N1CCC(N(C)C)C1. The second kappa shape index (κ2) is 4.07. The fraction of sp³-hybridized carbons (Fsp3) is 0.889. The van der Waals surface area contributed by atoms with Gasteiger partial charge in [-0.05, 0) is 27.4 Å². The second-order valence-corrected chi connectivity index (χ2v) is 3.92. The summed E-state index contributed by atoms with van der Waals surface area (Å²) in [5, 5.41) is 8.81. The third-order valence-corrected chi connectivity index (χ3v) is 2.83. The third kappa shape index (κ3) is 2.42. The summed E-state index contributed by atoms with van der Waals surface area (Å²) >= 11 is 0. The molecule has 0 spiro atoms. The summed E-state index contributed by atoms with van der Waals surface area (Å²) in [6, 6.07) is 0.173. The number of nitrogens with zero attached hydrogens (tertiary/aromatic N) is 2. The molecule has 0 radical (unpaired) electrons. The van der Waals surface area contributed by atoms with E-state index in [9.17, 15) is 4.79 Å². The molecule has 0 saturated carbocycles. The van der Waals surface area contributed by atoms with Crippen LogP contribution >= 0.6 is 0 Å². The average Bonchev–Trinajstić information content (AvgIpc) is 2.50. The Hall–Kier alpha value is -0.610. The van der Waals surface area contributed by atoms with Crippen LogP contribution in [0.3, 0.4) is 0 Å². The predicted octanol–water partition coefficient (Wildman–Crippen LogP) is 0.0954. The summed E-state index contributed by atoms with van der Waals surface area (Å²) < 4.78 is 0. The standard InChI is InChI=1S/C9H18N2O2/c1-7(9(12)13)11-5-4-8(6-11)10(2)3/h7-8H,4-6H2,1-3H3,(H,12,13). The van der Waals surface area contributed by atoms with E-state index in [0.717, 1.165) is 19.5 Å². The third-order valence-electron chi connectivity index (χ3n) is 2.83. The largest absolute Gasteiger partial charge is 0.480 e. The van der Waals surface area contributed by atoms with Gasteiger partial charge in [0.25, 0.3) is 0 Å². The smallest absolute Gasteiger partial charge is 0.320 e. The first-order chi connectivity index (χ1) is 6.02. The lowest BCUT2D eigenvalue weighted by atomic mass is 10.2. The van der Waals surface area contributed by atoms with Crippen LogP contribution in [0.1, 0.15) is 13.3 Å².